The Balaban J connectivity index is 5.16. The Morgan fingerprint density at radius 1 is 0.319 bits per heavy atom. The molecule has 0 aromatic heterocycles. The van der Waals surface area contributed by atoms with Crippen LogP contribution in [0.4, 0.5) is 0 Å². The Morgan fingerprint density at radius 3 is 0.835 bits per heavy atom. The van der Waals surface area contributed by atoms with E-state index in [1.54, 1.807) is 0 Å². The molecule has 540 valence electrons. The van der Waals surface area contributed by atoms with Crippen molar-refractivity contribution in [2.45, 2.75) is 381 Å². The van der Waals surface area contributed by atoms with Crippen LogP contribution in [0.25, 0.3) is 0 Å². The fourth-order valence-corrected chi connectivity index (χ4v) is 12.4. The maximum Gasteiger partial charge on any atom is 0.472 e. The molecule has 91 heavy (non-hydrogen) atoms. The number of aliphatic hydroxyl groups is 1. The molecule has 19 heteroatoms. The SMILES string of the molecule is CCCCCCCCCCCCCC(=O)OC[C@H](COP(=O)(O)OC[C@@H](O)COP(=O)(O)OC[C@@H](COC(=O)CCCCCCCCC(C)C)OC(=O)CCCCCCCCC(C)CC)OC(=O)CCCCCCCCCCCCCCCCCCCCC(C)C. The van der Waals surface area contributed by atoms with Gasteiger partial charge in [0.25, 0.3) is 0 Å². The standard InChI is InChI=1S/C72H140O17P2/c1-8-10-11-12-13-14-23-27-30-39-46-53-69(74)82-59-67(88-71(76)55-48-41-31-28-25-22-20-18-16-15-17-19-21-24-26-29-36-43-50-63(3)4)61-86-90(78,79)84-57-66(73)58-85-91(80,81)87-62-68(60-83-70(75)54-47-40-34-32-37-44-51-64(5)6)89-72(77)56-49-42-35-33-38-45-52-65(7)9-2/h63-68,73H,8-62H2,1-7H3,(H,78,79)(H,80,81)/t65?,66-,67-,68-/m1/s1. The molecule has 0 saturated heterocycles. The molecule has 0 aliphatic carbocycles. The Morgan fingerprint density at radius 2 is 0.560 bits per heavy atom. The number of phosphoric ester groups is 2. The minimum Gasteiger partial charge on any atom is -0.462 e. The third-order valence-electron chi connectivity index (χ3n) is 17.0. The second kappa shape index (κ2) is 62.8. The van der Waals surface area contributed by atoms with E-state index < -0.39 is 97.5 Å². The number of ether oxygens (including phenoxy) is 4. The summed E-state index contributed by atoms with van der Waals surface area (Å²) >= 11 is 0. The molecule has 6 atom stereocenters. The molecule has 0 aliphatic rings. The van der Waals surface area contributed by atoms with E-state index in [1.807, 2.05) is 0 Å². The van der Waals surface area contributed by atoms with Crippen LogP contribution in [0.3, 0.4) is 0 Å². The van der Waals surface area contributed by atoms with Gasteiger partial charge in [-0.15, -0.1) is 0 Å². The molecule has 0 aromatic rings. The van der Waals surface area contributed by atoms with Crippen molar-refractivity contribution in [1.82, 2.24) is 0 Å². The number of unbranched alkanes of at least 4 members (excludes halogenated alkanes) is 37. The third kappa shape index (κ3) is 65.1. The zero-order valence-corrected chi connectivity index (χ0v) is 61.1. The summed E-state index contributed by atoms with van der Waals surface area (Å²) in [5.41, 5.74) is 0. The average Bonchev–Trinajstić information content (AvgIpc) is 3.04. The smallest absolute Gasteiger partial charge is 0.462 e. The summed E-state index contributed by atoms with van der Waals surface area (Å²) in [5, 5.41) is 10.6. The lowest BCUT2D eigenvalue weighted by Gasteiger charge is -2.21. The van der Waals surface area contributed by atoms with E-state index in [4.69, 9.17) is 37.0 Å². The number of hydrogen-bond acceptors (Lipinski definition) is 15. The van der Waals surface area contributed by atoms with Crippen LogP contribution in [0, 0.1) is 17.8 Å². The largest absolute Gasteiger partial charge is 0.472 e. The van der Waals surface area contributed by atoms with Crippen molar-refractivity contribution >= 4 is 39.5 Å². The summed E-state index contributed by atoms with van der Waals surface area (Å²) in [6.07, 6.45) is 47.5. The average molecular weight is 1340 g/mol. The van der Waals surface area contributed by atoms with Crippen LogP contribution in [0.1, 0.15) is 363 Å². The predicted octanol–water partition coefficient (Wildman–Crippen LogP) is 20.6. The molecule has 0 rings (SSSR count). The van der Waals surface area contributed by atoms with E-state index in [-0.39, 0.29) is 25.7 Å². The quantitative estimate of drug-likeness (QED) is 0.0222. The Kier molecular flexibility index (Phi) is 61.5. The van der Waals surface area contributed by atoms with Crippen LogP contribution in [-0.4, -0.2) is 96.7 Å². The van der Waals surface area contributed by atoms with Gasteiger partial charge in [0.15, 0.2) is 12.2 Å². The molecule has 0 saturated carbocycles. The summed E-state index contributed by atoms with van der Waals surface area (Å²) in [4.78, 5) is 72.5. The maximum absolute atomic E-state index is 13.0. The molecular weight excluding hydrogens is 1200 g/mol. The van der Waals surface area contributed by atoms with Gasteiger partial charge in [-0.3, -0.25) is 37.3 Å². The first-order chi connectivity index (χ1) is 43.8. The van der Waals surface area contributed by atoms with E-state index in [0.717, 1.165) is 108 Å². The molecule has 0 radical (unpaired) electrons. The first kappa shape index (κ1) is 89.1. The summed E-state index contributed by atoms with van der Waals surface area (Å²) in [6, 6.07) is 0. The second-order valence-corrected chi connectivity index (χ2v) is 30.1. The van der Waals surface area contributed by atoms with Crippen LogP contribution in [0.2, 0.25) is 0 Å². The molecule has 0 bridgehead atoms. The number of aliphatic hydroxyl groups excluding tert-OH is 1. The summed E-state index contributed by atoms with van der Waals surface area (Å²) in [5.74, 6) is 0.0910. The number of esters is 4. The first-order valence-corrected chi connectivity index (χ1v) is 40.4. The minimum atomic E-state index is -4.95. The molecule has 0 aliphatic heterocycles. The zero-order valence-electron chi connectivity index (χ0n) is 59.3. The Bertz CT molecular complexity index is 1790. The first-order valence-electron chi connectivity index (χ1n) is 37.4. The molecule has 3 N–H and O–H groups in total. The Hall–Kier alpha value is -1.94. The van der Waals surface area contributed by atoms with Gasteiger partial charge in [0, 0.05) is 25.7 Å². The van der Waals surface area contributed by atoms with Gasteiger partial charge in [0.05, 0.1) is 26.4 Å². The second-order valence-electron chi connectivity index (χ2n) is 27.2. The van der Waals surface area contributed by atoms with Gasteiger partial charge < -0.3 is 33.8 Å². The third-order valence-corrected chi connectivity index (χ3v) is 18.9. The highest BCUT2D eigenvalue weighted by Crippen LogP contribution is 2.45. The van der Waals surface area contributed by atoms with Crippen LogP contribution >= 0.6 is 15.6 Å². The van der Waals surface area contributed by atoms with Crippen LogP contribution in [0.15, 0.2) is 0 Å². The highest BCUT2D eigenvalue weighted by molar-refractivity contribution is 7.47. The molecule has 3 unspecified atom stereocenters. The van der Waals surface area contributed by atoms with Crippen molar-refractivity contribution in [3.8, 4) is 0 Å². The summed E-state index contributed by atoms with van der Waals surface area (Å²) in [6.45, 7) is 11.8. The summed E-state index contributed by atoms with van der Waals surface area (Å²) in [7, 11) is -9.90. The van der Waals surface area contributed by atoms with Crippen molar-refractivity contribution in [2.75, 3.05) is 39.6 Å². The normalized spacial score (nSPS) is 14.5. The van der Waals surface area contributed by atoms with Gasteiger partial charge >= 0.3 is 39.5 Å². The molecule has 0 fully saturated rings. The highest BCUT2D eigenvalue weighted by atomic mass is 31.2. The van der Waals surface area contributed by atoms with E-state index in [0.29, 0.717) is 31.6 Å². The van der Waals surface area contributed by atoms with E-state index in [1.165, 1.54) is 167 Å². The lowest BCUT2D eigenvalue weighted by Crippen LogP contribution is -2.30. The van der Waals surface area contributed by atoms with Crippen molar-refractivity contribution < 1.29 is 80.2 Å². The Labute approximate surface area is 556 Å². The van der Waals surface area contributed by atoms with Crippen LogP contribution < -0.4 is 0 Å². The van der Waals surface area contributed by atoms with Gasteiger partial charge in [-0.1, -0.05) is 312 Å². The van der Waals surface area contributed by atoms with Crippen molar-refractivity contribution in [2.24, 2.45) is 17.8 Å². The lowest BCUT2D eigenvalue weighted by atomic mass is 10.00. The van der Waals surface area contributed by atoms with Crippen molar-refractivity contribution in [1.29, 1.82) is 0 Å². The fourth-order valence-electron chi connectivity index (χ4n) is 10.9. The number of rotatable bonds is 70. The monoisotopic (exact) mass is 1340 g/mol. The van der Waals surface area contributed by atoms with Gasteiger partial charge in [-0.2, -0.15) is 0 Å². The zero-order chi connectivity index (χ0) is 67.3. The number of hydrogen-bond donors (Lipinski definition) is 3. The van der Waals surface area contributed by atoms with Gasteiger partial charge in [-0.05, 0) is 43.4 Å². The number of phosphoric acid groups is 2. The van der Waals surface area contributed by atoms with Crippen molar-refractivity contribution in [3.05, 3.63) is 0 Å². The van der Waals surface area contributed by atoms with Gasteiger partial charge in [0.1, 0.15) is 19.3 Å². The number of carbonyl (C=O) groups is 4. The summed E-state index contributed by atoms with van der Waals surface area (Å²) < 4.78 is 68.2. The van der Waals surface area contributed by atoms with Crippen LogP contribution in [0.5, 0.6) is 0 Å². The van der Waals surface area contributed by atoms with Gasteiger partial charge in [0.2, 0.25) is 0 Å². The number of carbonyl (C=O) groups excluding carboxylic acids is 4. The maximum atomic E-state index is 13.0. The molecule has 0 aromatic carbocycles. The molecular formula is C72H140O17P2. The van der Waals surface area contributed by atoms with E-state index in [2.05, 4.69) is 48.5 Å². The molecule has 0 heterocycles. The molecule has 0 spiro atoms. The van der Waals surface area contributed by atoms with E-state index >= 15 is 0 Å². The van der Waals surface area contributed by atoms with E-state index in [9.17, 15) is 43.2 Å². The van der Waals surface area contributed by atoms with Crippen molar-refractivity contribution in [3.63, 3.8) is 0 Å². The predicted molar refractivity (Wildman–Crippen MR) is 368 cm³/mol. The molecule has 0 amide bonds. The molecule has 17 nitrogen and oxygen atoms in total. The minimum absolute atomic E-state index is 0.102. The topological polar surface area (TPSA) is 237 Å². The highest BCUT2D eigenvalue weighted by Gasteiger charge is 2.30. The van der Waals surface area contributed by atoms with Crippen LogP contribution in [-0.2, 0) is 65.4 Å². The lowest BCUT2D eigenvalue weighted by molar-refractivity contribution is -0.161. The van der Waals surface area contributed by atoms with Gasteiger partial charge in [-0.25, -0.2) is 9.13 Å². The fraction of sp³-hybridized carbons (Fsp3) is 0.944.